The van der Waals surface area contributed by atoms with Crippen LogP contribution in [0.15, 0.2) is 42.5 Å². The van der Waals surface area contributed by atoms with Gasteiger partial charge in [-0.15, -0.1) is 12.4 Å². The Morgan fingerprint density at radius 3 is 2.50 bits per heavy atom. The summed E-state index contributed by atoms with van der Waals surface area (Å²) in [7, 11) is 0. The van der Waals surface area contributed by atoms with Gasteiger partial charge >= 0.3 is 0 Å². The maximum atomic E-state index is 3.54. The third-order valence-electron chi connectivity index (χ3n) is 2.99. The lowest BCUT2D eigenvalue weighted by Crippen LogP contribution is -2.15. The Balaban J connectivity index is 0.000000963. The maximum absolute atomic E-state index is 3.54. The number of fused-ring (bicyclic) bond motifs is 1. The summed E-state index contributed by atoms with van der Waals surface area (Å²) >= 11 is 0. The molecule has 0 radical (unpaired) electrons. The highest BCUT2D eigenvalue weighted by molar-refractivity contribution is 5.85. The molecule has 0 atom stereocenters. The second-order valence-corrected chi connectivity index (χ2v) is 4.34. The number of nitrogens with one attached hydrogen (secondary N) is 1. The van der Waals surface area contributed by atoms with Gasteiger partial charge in [-0.25, -0.2) is 0 Å². The van der Waals surface area contributed by atoms with E-state index in [1.54, 1.807) is 0 Å². The molecule has 0 saturated heterocycles. The predicted molar refractivity (Wildman–Crippen MR) is 71.1 cm³/mol. The van der Waals surface area contributed by atoms with E-state index in [2.05, 4.69) is 47.8 Å². The largest absolute Gasteiger partial charge is 0.310 e. The highest BCUT2D eigenvalue weighted by Crippen LogP contribution is 2.20. The lowest BCUT2D eigenvalue weighted by molar-refractivity contribution is 0.688. The normalized spacial score (nSPS) is 14.8. The van der Waals surface area contributed by atoms with E-state index in [-0.39, 0.29) is 12.4 Å². The van der Waals surface area contributed by atoms with Crippen LogP contribution in [0.1, 0.15) is 18.4 Å². The van der Waals surface area contributed by atoms with Crippen LogP contribution in [0, 0.1) is 0 Å². The summed E-state index contributed by atoms with van der Waals surface area (Å²) in [6.45, 7) is 1.01. The molecule has 2 heteroatoms. The van der Waals surface area contributed by atoms with Gasteiger partial charge in [0.25, 0.3) is 0 Å². The fourth-order valence-corrected chi connectivity index (χ4v) is 1.90. The predicted octanol–water partition coefficient (Wildman–Crippen LogP) is 3.51. The fraction of sp³-hybridized carbons (Fsp3) is 0.286. The second kappa shape index (κ2) is 4.86. The molecule has 0 bridgehead atoms. The molecule has 0 heterocycles. The second-order valence-electron chi connectivity index (χ2n) is 4.34. The van der Waals surface area contributed by atoms with Gasteiger partial charge in [0.05, 0.1) is 0 Å². The SMILES string of the molecule is Cl.c1ccc2cc(CNC3CC3)ccc2c1. The first-order valence-electron chi connectivity index (χ1n) is 5.63. The summed E-state index contributed by atoms with van der Waals surface area (Å²) in [6.07, 6.45) is 2.71. The van der Waals surface area contributed by atoms with Crippen LogP contribution in [0.3, 0.4) is 0 Å². The van der Waals surface area contributed by atoms with Crippen molar-refractivity contribution in [3.63, 3.8) is 0 Å². The van der Waals surface area contributed by atoms with Gasteiger partial charge in [-0.1, -0.05) is 36.4 Å². The highest BCUT2D eigenvalue weighted by Gasteiger charge is 2.19. The van der Waals surface area contributed by atoms with Crippen LogP contribution in [0.25, 0.3) is 10.8 Å². The molecule has 1 N–H and O–H groups in total. The fourth-order valence-electron chi connectivity index (χ4n) is 1.90. The summed E-state index contributed by atoms with van der Waals surface area (Å²) in [6, 6.07) is 16.0. The quantitative estimate of drug-likeness (QED) is 0.856. The van der Waals surface area contributed by atoms with Crippen molar-refractivity contribution in [1.29, 1.82) is 0 Å². The Morgan fingerprint density at radius 2 is 1.75 bits per heavy atom. The van der Waals surface area contributed by atoms with Crippen molar-refractivity contribution in [2.24, 2.45) is 0 Å². The summed E-state index contributed by atoms with van der Waals surface area (Å²) in [5.74, 6) is 0. The van der Waals surface area contributed by atoms with Gasteiger partial charge in [-0.05, 0) is 35.2 Å². The molecule has 1 saturated carbocycles. The van der Waals surface area contributed by atoms with Crippen LogP contribution in [0.5, 0.6) is 0 Å². The smallest absolute Gasteiger partial charge is 0.0208 e. The molecule has 1 aliphatic rings. The molecule has 84 valence electrons. The standard InChI is InChI=1S/C14H15N.ClH/c1-2-4-13-9-11(5-6-12(13)3-1)10-15-14-7-8-14;/h1-6,9,14-15H,7-8,10H2;1H. The van der Waals surface area contributed by atoms with Crippen LogP contribution >= 0.6 is 12.4 Å². The van der Waals surface area contributed by atoms with Crippen molar-refractivity contribution in [2.75, 3.05) is 0 Å². The van der Waals surface area contributed by atoms with Gasteiger partial charge < -0.3 is 5.32 Å². The minimum Gasteiger partial charge on any atom is -0.310 e. The van der Waals surface area contributed by atoms with E-state index in [1.807, 2.05) is 0 Å². The first-order chi connectivity index (χ1) is 7.42. The van der Waals surface area contributed by atoms with Crippen LogP contribution in [0.2, 0.25) is 0 Å². The molecule has 16 heavy (non-hydrogen) atoms. The van der Waals surface area contributed by atoms with Crippen molar-refractivity contribution in [1.82, 2.24) is 5.32 Å². The van der Waals surface area contributed by atoms with E-state index in [1.165, 1.54) is 29.2 Å². The highest BCUT2D eigenvalue weighted by atomic mass is 35.5. The summed E-state index contributed by atoms with van der Waals surface area (Å²) in [4.78, 5) is 0. The number of hydrogen-bond acceptors (Lipinski definition) is 1. The lowest BCUT2D eigenvalue weighted by atomic mass is 10.1. The first-order valence-corrected chi connectivity index (χ1v) is 5.63. The van der Waals surface area contributed by atoms with Gasteiger partial charge in [0.15, 0.2) is 0 Å². The molecular formula is C14H16ClN. The zero-order chi connectivity index (χ0) is 10.1. The van der Waals surface area contributed by atoms with E-state index in [4.69, 9.17) is 0 Å². The topological polar surface area (TPSA) is 12.0 Å². The molecule has 0 spiro atoms. The summed E-state index contributed by atoms with van der Waals surface area (Å²) in [5.41, 5.74) is 1.39. The van der Waals surface area contributed by atoms with E-state index in [9.17, 15) is 0 Å². The Bertz CT molecular complexity index is 477. The molecule has 0 amide bonds. The van der Waals surface area contributed by atoms with E-state index in [0.717, 1.165) is 12.6 Å². The van der Waals surface area contributed by atoms with Gasteiger partial charge in [0.1, 0.15) is 0 Å². The molecule has 1 nitrogen and oxygen atoms in total. The minimum atomic E-state index is 0. The van der Waals surface area contributed by atoms with Crippen molar-refractivity contribution < 1.29 is 0 Å². The van der Waals surface area contributed by atoms with E-state index >= 15 is 0 Å². The monoisotopic (exact) mass is 233 g/mol. The molecular weight excluding hydrogens is 218 g/mol. The van der Waals surface area contributed by atoms with Gasteiger partial charge in [0, 0.05) is 12.6 Å². The lowest BCUT2D eigenvalue weighted by Gasteiger charge is -2.04. The molecule has 2 aromatic rings. The third kappa shape index (κ3) is 2.55. The minimum absolute atomic E-state index is 0. The average molecular weight is 234 g/mol. The molecule has 1 aliphatic carbocycles. The molecule has 3 rings (SSSR count). The Hall–Kier alpha value is -1.05. The zero-order valence-electron chi connectivity index (χ0n) is 9.15. The molecule has 0 aliphatic heterocycles. The van der Waals surface area contributed by atoms with Gasteiger partial charge in [0.2, 0.25) is 0 Å². The van der Waals surface area contributed by atoms with Crippen molar-refractivity contribution >= 4 is 23.2 Å². The van der Waals surface area contributed by atoms with Crippen molar-refractivity contribution in [3.8, 4) is 0 Å². The number of hydrogen-bond donors (Lipinski definition) is 1. The molecule has 0 unspecified atom stereocenters. The van der Waals surface area contributed by atoms with Crippen molar-refractivity contribution in [3.05, 3.63) is 48.0 Å². The number of benzene rings is 2. The molecule has 2 aromatic carbocycles. The zero-order valence-corrected chi connectivity index (χ0v) is 9.96. The number of rotatable bonds is 3. The van der Waals surface area contributed by atoms with E-state index in [0.29, 0.717) is 0 Å². The average Bonchev–Trinajstić information content (AvgIpc) is 3.10. The van der Waals surface area contributed by atoms with Crippen LogP contribution < -0.4 is 5.32 Å². The third-order valence-corrected chi connectivity index (χ3v) is 2.99. The Morgan fingerprint density at radius 1 is 1.00 bits per heavy atom. The first kappa shape index (κ1) is 11.4. The molecule has 1 fully saturated rings. The van der Waals surface area contributed by atoms with Crippen LogP contribution in [0.4, 0.5) is 0 Å². The Kier molecular flexibility index (Phi) is 3.47. The maximum Gasteiger partial charge on any atom is 0.0208 e. The van der Waals surface area contributed by atoms with Crippen molar-refractivity contribution in [2.45, 2.75) is 25.4 Å². The van der Waals surface area contributed by atoms with E-state index < -0.39 is 0 Å². The van der Waals surface area contributed by atoms with Gasteiger partial charge in [-0.2, -0.15) is 0 Å². The summed E-state index contributed by atoms with van der Waals surface area (Å²) < 4.78 is 0. The van der Waals surface area contributed by atoms with Crippen LogP contribution in [-0.2, 0) is 6.54 Å². The molecule has 0 aromatic heterocycles. The summed E-state index contributed by atoms with van der Waals surface area (Å²) in [5, 5.41) is 6.20. The van der Waals surface area contributed by atoms with Crippen LogP contribution in [-0.4, -0.2) is 6.04 Å². The Labute approximate surface area is 102 Å². The van der Waals surface area contributed by atoms with Gasteiger partial charge in [-0.3, -0.25) is 0 Å². The number of halogens is 1.